The summed E-state index contributed by atoms with van der Waals surface area (Å²) in [6.07, 6.45) is 0.850. The average Bonchev–Trinajstić information content (AvgIpc) is 3.09. The van der Waals surface area contributed by atoms with Crippen LogP contribution < -0.4 is 10.1 Å². The minimum Gasteiger partial charge on any atom is -0.444 e. The summed E-state index contributed by atoms with van der Waals surface area (Å²) >= 11 is 0. The number of H-pyrrole nitrogens is 1. The van der Waals surface area contributed by atoms with Crippen LogP contribution in [0, 0.1) is 5.82 Å². The summed E-state index contributed by atoms with van der Waals surface area (Å²) in [5, 5.41) is 8.75. The Balaban J connectivity index is 1.57. The van der Waals surface area contributed by atoms with E-state index in [9.17, 15) is 9.18 Å². The van der Waals surface area contributed by atoms with Gasteiger partial charge in [0.25, 0.3) is 0 Å². The highest BCUT2D eigenvalue weighted by molar-refractivity contribution is 5.84. The SMILES string of the molecule is O=C(Nc1ccc(Oc2cc[nH]n2)cc1F)OCc1ccccc1. The van der Waals surface area contributed by atoms with E-state index in [4.69, 9.17) is 9.47 Å². The van der Waals surface area contributed by atoms with Crippen LogP contribution in [0.3, 0.4) is 0 Å². The van der Waals surface area contributed by atoms with Crippen molar-refractivity contribution in [2.24, 2.45) is 0 Å². The van der Waals surface area contributed by atoms with E-state index in [1.165, 1.54) is 12.1 Å². The third kappa shape index (κ3) is 4.10. The molecule has 0 unspecified atom stereocenters. The second-order valence-corrected chi connectivity index (χ2v) is 4.84. The van der Waals surface area contributed by atoms with Gasteiger partial charge in [0.05, 0.1) is 5.69 Å². The fourth-order valence-corrected chi connectivity index (χ4v) is 1.95. The number of nitrogens with one attached hydrogen (secondary N) is 2. The highest BCUT2D eigenvalue weighted by atomic mass is 19.1. The summed E-state index contributed by atoms with van der Waals surface area (Å²) in [6, 6.07) is 14.9. The van der Waals surface area contributed by atoms with Crippen molar-refractivity contribution in [2.45, 2.75) is 6.61 Å². The average molecular weight is 327 g/mol. The van der Waals surface area contributed by atoms with Crippen molar-refractivity contribution >= 4 is 11.8 Å². The van der Waals surface area contributed by atoms with E-state index in [0.29, 0.717) is 5.88 Å². The molecular formula is C17H14FN3O3. The first kappa shape index (κ1) is 15.5. The van der Waals surface area contributed by atoms with Crippen molar-refractivity contribution in [3.8, 4) is 11.6 Å². The van der Waals surface area contributed by atoms with Gasteiger partial charge in [0.2, 0.25) is 5.88 Å². The monoisotopic (exact) mass is 327 g/mol. The maximum absolute atomic E-state index is 14.0. The lowest BCUT2D eigenvalue weighted by atomic mass is 10.2. The van der Waals surface area contributed by atoms with Gasteiger partial charge >= 0.3 is 6.09 Å². The van der Waals surface area contributed by atoms with Gasteiger partial charge in [0.1, 0.15) is 12.4 Å². The van der Waals surface area contributed by atoms with E-state index < -0.39 is 11.9 Å². The Bertz CT molecular complexity index is 807. The molecule has 0 atom stereocenters. The fourth-order valence-electron chi connectivity index (χ4n) is 1.95. The van der Waals surface area contributed by atoms with E-state index in [2.05, 4.69) is 15.5 Å². The number of rotatable bonds is 5. The first-order valence-corrected chi connectivity index (χ1v) is 7.15. The van der Waals surface area contributed by atoms with Gasteiger partial charge < -0.3 is 9.47 Å². The van der Waals surface area contributed by atoms with Gasteiger partial charge in [0.15, 0.2) is 5.82 Å². The predicted molar refractivity (Wildman–Crippen MR) is 85.3 cm³/mol. The van der Waals surface area contributed by atoms with Crippen LogP contribution in [0.1, 0.15) is 5.56 Å². The molecule has 1 aromatic heterocycles. The number of benzene rings is 2. The van der Waals surface area contributed by atoms with Crippen molar-refractivity contribution in [3.05, 3.63) is 72.2 Å². The van der Waals surface area contributed by atoms with Gasteiger partial charge in [-0.2, -0.15) is 0 Å². The topological polar surface area (TPSA) is 76.2 Å². The number of nitrogens with zero attached hydrogens (tertiary/aromatic N) is 1. The number of hydrogen-bond acceptors (Lipinski definition) is 4. The molecule has 0 aliphatic carbocycles. The number of aromatic amines is 1. The lowest BCUT2D eigenvalue weighted by Crippen LogP contribution is -2.14. The molecule has 24 heavy (non-hydrogen) atoms. The summed E-state index contributed by atoms with van der Waals surface area (Å²) in [5.74, 6) is -0.0557. The Morgan fingerprint density at radius 3 is 2.71 bits per heavy atom. The van der Waals surface area contributed by atoms with Gasteiger partial charge in [-0.05, 0) is 17.7 Å². The van der Waals surface area contributed by atoms with Crippen LogP contribution >= 0.6 is 0 Å². The smallest absolute Gasteiger partial charge is 0.412 e. The molecule has 7 heteroatoms. The van der Waals surface area contributed by atoms with Crippen molar-refractivity contribution in [1.82, 2.24) is 10.2 Å². The standard InChI is InChI=1S/C17H14FN3O3/c18-14-10-13(24-16-8-9-19-21-16)6-7-15(14)20-17(22)23-11-12-4-2-1-3-5-12/h1-10H,11H2,(H,19,21)(H,20,22). The Kier molecular flexibility index (Phi) is 4.71. The molecule has 6 nitrogen and oxygen atoms in total. The molecule has 0 saturated heterocycles. The van der Waals surface area contributed by atoms with E-state index in [1.54, 1.807) is 12.3 Å². The van der Waals surface area contributed by atoms with Crippen molar-refractivity contribution in [1.29, 1.82) is 0 Å². The Labute approximate surface area is 137 Å². The molecule has 2 aromatic carbocycles. The number of halogens is 1. The normalized spacial score (nSPS) is 10.2. The van der Waals surface area contributed by atoms with Crippen molar-refractivity contribution < 1.29 is 18.7 Å². The van der Waals surface area contributed by atoms with Gasteiger partial charge in [-0.3, -0.25) is 10.4 Å². The van der Waals surface area contributed by atoms with E-state index in [0.717, 1.165) is 11.6 Å². The molecule has 0 bridgehead atoms. The maximum atomic E-state index is 14.0. The quantitative estimate of drug-likeness (QED) is 0.740. The summed E-state index contributed by atoms with van der Waals surface area (Å²) in [7, 11) is 0. The Hall–Kier alpha value is -3.35. The summed E-state index contributed by atoms with van der Waals surface area (Å²) in [4.78, 5) is 11.7. The van der Waals surface area contributed by atoms with Gasteiger partial charge in [0, 0.05) is 18.3 Å². The third-order valence-corrected chi connectivity index (χ3v) is 3.09. The fraction of sp³-hybridized carbons (Fsp3) is 0.0588. The third-order valence-electron chi connectivity index (χ3n) is 3.09. The number of amides is 1. The predicted octanol–water partition coefficient (Wildman–Crippen LogP) is 4.09. The molecule has 3 aromatic rings. The van der Waals surface area contributed by atoms with Crippen LogP contribution in [0.25, 0.3) is 0 Å². The zero-order chi connectivity index (χ0) is 16.8. The Morgan fingerprint density at radius 1 is 1.17 bits per heavy atom. The second kappa shape index (κ2) is 7.28. The minimum atomic E-state index is -0.737. The molecule has 122 valence electrons. The maximum Gasteiger partial charge on any atom is 0.412 e. The van der Waals surface area contributed by atoms with Crippen LogP contribution in [-0.2, 0) is 11.3 Å². The molecule has 0 saturated carbocycles. The van der Waals surface area contributed by atoms with Gasteiger partial charge in [-0.1, -0.05) is 30.3 Å². The highest BCUT2D eigenvalue weighted by Gasteiger charge is 2.10. The van der Waals surface area contributed by atoms with Crippen LogP contribution in [0.15, 0.2) is 60.8 Å². The van der Waals surface area contributed by atoms with Gasteiger partial charge in [-0.15, -0.1) is 5.10 Å². The van der Waals surface area contributed by atoms with Crippen LogP contribution in [0.5, 0.6) is 11.6 Å². The largest absolute Gasteiger partial charge is 0.444 e. The van der Waals surface area contributed by atoms with Crippen LogP contribution in [0.4, 0.5) is 14.9 Å². The minimum absolute atomic E-state index is 0.00226. The molecule has 0 aliphatic rings. The zero-order valence-corrected chi connectivity index (χ0v) is 12.5. The van der Waals surface area contributed by atoms with Crippen molar-refractivity contribution in [3.63, 3.8) is 0 Å². The van der Waals surface area contributed by atoms with Crippen molar-refractivity contribution in [2.75, 3.05) is 5.32 Å². The lowest BCUT2D eigenvalue weighted by Gasteiger charge is -2.09. The molecule has 1 amide bonds. The molecule has 0 radical (unpaired) electrons. The van der Waals surface area contributed by atoms with E-state index >= 15 is 0 Å². The number of anilines is 1. The summed E-state index contributed by atoms with van der Waals surface area (Å²) in [5.41, 5.74) is 0.846. The Morgan fingerprint density at radius 2 is 2.00 bits per heavy atom. The number of ether oxygens (including phenoxy) is 2. The van der Waals surface area contributed by atoms with Crippen LogP contribution in [0.2, 0.25) is 0 Å². The lowest BCUT2D eigenvalue weighted by molar-refractivity contribution is 0.155. The molecular weight excluding hydrogens is 313 g/mol. The zero-order valence-electron chi connectivity index (χ0n) is 12.5. The van der Waals surface area contributed by atoms with Gasteiger partial charge in [-0.25, -0.2) is 9.18 Å². The highest BCUT2D eigenvalue weighted by Crippen LogP contribution is 2.24. The number of hydrogen-bond donors (Lipinski definition) is 2. The molecule has 0 spiro atoms. The molecule has 0 aliphatic heterocycles. The van der Waals surface area contributed by atoms with E-state index in [-0.39, 0.29) is 18.0 Å². The molecule has 2 N–H and O–H groups in total. The first-order valence-electron chi connectivity index (χ1n) is 7.15. The number of carbonyl (C=O) groups excluding carboxylic acids is 1. The molecule has 3 rings (SSSR count). The summed E-state index contributed by atoms with van der Waals surface area (Å²) in [6.45, 7) is 0.106. The number of carbonyl (C=O) groups is 1. The second-order valence-electron chi connectivity index (χ2n) is 4.84. The van der Waals surface area contributed by atoms with Crippen LogP contribution in [-0.4, -0.2) is 16.3 Å². The molecule has 0 fully saturated rings. The van der Waals surface area contributed by atoms with E-state index in [1.807, 2.05) is 30.3 Å². The molecule has 1 heterocycles. The summed E-state index contributed by atoms with van der Waals surface area (Å²) < 4.78 is 24.4. The first-order chi connectivity index (χ1) is 11.7. The number of aromatic nitrogens is 2.